The minimum atomic E-state index is -0.670. The molecule has 0 aromatic heterocycles. The molecule has 2 aromatic carbocycles. The number of nitrogens with two attached hydrogens (primary N) is 1. The molecule has 1 atom stereocenters. The van der Waals surface area contributed by atoms with Crippen LogP contribution in [0.5, 0.6) is 5.75 Å². The van der Waals surface area contributed by atoms with E-state index < -0.39 is 17.7 Å². The minimum Gasteiger partial charge on any atom is -0.493 e. The van der Waals surface area contributed by atoms with Gasteiger partial charge in [0, 0.05) is 11.6 Å². The van der Waals surface area contributed by atoms with Gasteiger partial charge in [0.1, 0.15) is 17.4 Å². The highest BCUT2D eigenvalue weighted by Gasteiger charge is 2.17. The van der Waals surface area contributed by atoms with E-state index in [1.54, 1.807) is 25.1 Å². The van der Waals surface area contributed by atoms with E-state index in [0.717, 1.165) is 16.1 Å². The zero-order valence-electron chi connectivity index (χ0n) is 11.8. The Kier molecular flexibility index (Phi) is 4.96. The third-order valence-electron chi connectivity index (χ3n) is 3.23. The Bertz CT molecular complexity index is 661. The van der Waals surface area contributed by atoms with Crippen molar-refractivity contribution in [3.8, 4) is 5.75 Å². The molecule has 0 bridgehead atoms. The van der Waals surface area contributed by atoms with Crippen molar-refractivity contribution >= 4 is 15.9 Å². The first-order chi connectivity index (χ1) is 9.93. The molecular weight excluding hydrogens is 340 g/mol. The molecule has 2 aromatic rings. The minimum absolute atomic E-state index is 0.268. The van der Waals surface area contributed by atoms with Gasteiger partial charge < -0.3 is 10.5 Å². The van der Waals surface area contributed by atoms with Gasteiger partial charge in [0.2, 0.25) is 0 Å². The van der Waals surface area contributed by atoms with Gasteiger partial charge in [-0.1, -0.05) is 6.07 Å². The second-order valence-electron chi connectivity index (χ2n) is 4.72. The van der Waals surface area contributed by atoms with Crippen LogP contribution in [0, 0.1) is 18.6 Å². The summed E-state index contributed by atoms with van der Waals surface area (Å²) in [5.74, 6) is -0.517. The quantitative estimate of drug-likeness (QED) is 0.877. The van der Waals surface area contributed by atoms with Gasteiger partial charge >= 0.3 is 0 Å². The largest absolute Gasteiger partial charge is 0.493 e. The molecule has 1 unspecified atom stereocenters. The van der Waals surface area contributed by atoms with Crippen molar-refractivity contribution < 1.29 is 13.5 Å². The fourth-order valence-electron chi connectivity index (χ4n) is 2.08. The third kappa shape index (κ3) is 3.41. The fourth-order valence-corrected chi connectivity index (χ4v) is 2.59. The van der Waals surface area contributed by atoms with Crippen LogP contribution in [-0.4, -0.2) is 6.61 Å². The molecule has 0 amide bonds. The van der Waals surface area contributed by atoms with E-state index in [4.69, 9.17) is 10.5 Å². The second kappa shape index (κ2) is 6.54. The van der Waals surface area contributed by atoms with Crippen LogP contribution >= 0.6 is 15.9 Å². The summed E-state index contributed by atoms with van der Waals surface area (Å²) in [4.78, 5) is 0. The van der Waals surface area contributed by atoms with Crippen molar-refractivity contribution in [2.45, 2.75) is 19.9 Å². The lowest BCUT2D eigenvalue weighted by atomic mass is 9.97. The lowest BCUT2D eigenvalue weighted by molar-refractivity contribution is 0.338. The number of rotatable bonds is 4. The van der Waals surface area contributed by atoms with Crippen LogP contribution in [-0.2, 0) is 0 Å². The molecule has 2 nitrogen and oxygen atoms in total. The van der Waals surface area contributed by atoms with Gasteiger partial charge in [-0.15, -0.1) is 0 Å². The van der Waals surface area contributed by atoms with Crippen LogP contribution in [0.15, 0.2) is 34.8 Å². The Labute approximate surface area is 131 Å². The first-order valence-electron chi connectivity index (χ1n) is 6.57. The Morgan fingerprint density at radius 3 is 2.52 bits per heavy atom. The highest BCUT2D eigenvalue weighted by Crippen LogP contribution is 2.31. The van der Waals surface area contributed by atoms with E-state index in [9.17, 15) is 8.78 Å². The fraction of sp³-hybridized carbons (Fsp3) is 0.250. The predicted octanol–water partition coefficient (Wildman–Crippen LogP) is 4.48. The van der Waals surface area contributed by atoms with Gasteiger partial charge in [0.25, 0.3) is 0 Å². The molecule has 5 heteroatoms. The van der Waals surface area contributed by atoms with Gasteiger partial charge in [-0.3, -0.25) is 0 Å². The third-order valence-corrected chi connectivity index (χ3v) is 3.85. The van der Waals surface area contributed by atoms with Crippen molar-refractivity contribution in [3.05, 3.63) is 63.1 Å². The topological polar surface area (TPSA) is 35.2 Å². The molecule has 0 spiro atoms. The molecule has 0 saturated carbocycles. The SMILES string of the molecule is CCOc1ccc(C(N)c2cc(C)c(F)cc2F)cc1Br. The van der Waals surface area contributed by atoms with E-state index in [1.165, 1.54) is 6.07 Å². The average Bonchev–Trinajstić information content (AvgIpc) is 2.44. The second-order valence-corrected chi connectivity index (χ2v) is 5.58. The highest BCUT2D eigenvalue weighted by molar-refractivity contribution is 9.10. The van der Waals surface area contributed by atoms with Crippen molar-refractivity contribution in [3.63, 3.8) is 0 Å². The Morgan fingerprint density at radius 1 is 1.19 bits per heavy atom. The molecule has 0 aliphatic carbocycles. The molecule has 2 N–H and O–H groups in total. The van der Waals surface area contributed by atoms with Crippen LogP contribution in [0.4, 0.5) is 8.78 Å². The zero-order chi connectivity index (χ0) is 15.6. The smallest absolute Gasteiger partial charge is 0.133 e. The van der Waals surface area contributed by atoms with Crippen molar-refractivity contribution in [1.82, 2.24) is 0 Å². The van der Waals surface area contributed by atoms with Crippen molar-refractivity contribution in [2.24, 2.45) is 5.73 Å². The van der Waals surface area contributed by atoms with Gasteiger partial charge in [-0.2, -0.15) is 0 Å². The zero-order valence-corrected chi connectivity index (χ0v) is 13.4. The molecular formula is C16H16BrF2NO. The summed E-state index contributed by atoms with van der Waals surface area (Å²) in [5, 5.41) is 0. The maximum atomic E-state index is 13.9. The normalized spacial score (nSPS) is 12.3. The standard InChI is InChI=1S/C16H16BrF2NO/c1-3-21-15-5-4-10(7-12(15)17)16(20)11-6-9(2)13(18)8-14(11)19/h4-8,16H,3,20H2,1-2H3. The predicted molar refractivity (Wildman–Crippen MR) is 82.4 cm³/mol. The molecule has 2 rings (SSSR count). The van der Waals surface area contributed by atoms with E-state index in [0.29, 0.717) is 17.9 Å². The number of halogens is 3. The van der Waals surface area contributed by atoms with Gasteiger partial charge in [0.15, 0.2) is 0 Å². The van der Waals surface area contributed by atoms with Crippen LogP contribution in [0.1, 0.15) is 29.7 Å². The molecule has 0 aliphatic rings. The first-order valence-corrected chi connectivity index (χ1v) is 7.36. The Morgan fingerprint density at radius 2 is 1.90 bits per heavy atom. The lowest BCUT2D eigenvalue weighted by Crippen LogP contribution is -2.14. The van der Waals surface area contributed by atoms with Crippen molar-refractivity contribution in [1.29, 1.82) is 0 Å². The lowest BCUT2D eigenvalue weighted by Gasteiger charge is -2.16. The van der Waals surface area contributed by atoms with Gasteiger partial charge in [-0.25, -0.2) is 8.78 Å². The summed E-state index contributed by atoms with van der Waals surface area (Å²) in [7, 11) is 0. The molecule has 0 saturated heterocycles. The van der Waals surface area contributed by atoms with Crippen LogP contribution in [0.2, 0.25) is 0 Å². The van der Waals surface area contributed by atoms with Crippen LogP contribution in [0.3, 0.4) is 0 Å². The van der Waals surface area contributed by atoms with Gasteiger partial charge in [0.05, 0.1) is 17.1 Å². The Balaban J connectivity index is 2.38. The average molecular weight is 356 g/mol. The van der Waals surface area contributed by atoms with E-state index in [-0.39, 0.29) is 5.56 Å². The van der Waals surface area contributed by atoms with E-state index >= 15 is 0 Å². The first kappa shape index (κ1) is 15.9. The number of aryl methyl sites for hydroxylation is 1. The summed E-state index contributed by atoms with van der Waals surface area (Å²) in [6.07, 6.45) is 0. The highest BCUT2D eigenvalue weighted by atomic mass is 79.9. The number of benzene rings is 2. The van der Waals surface area contributed by atoms with Gasteiger partial charge in [-0.05, 0) is 59.1 Å². The maximum absolute atomic E-state index is 13.9. The number of hydrogen-bond donors (Lipinski definition) is 1. The number of hydrogen-bond acceptors (Lipinski definition) is 2. The molecule has 0 radical (unpaired) electrons. The molecule has 112 valence electrons. The summed E-state index contributed by atoms with van der Waals surface area (Å²) in [5.41, 5.74) is 7.46. The summed E-state index contributed by atoms with van der Waals surface area (Å²) in [6.45, 7) is 4.03. The Hall–Kier alpha value is -1.46. The van der Waals surface area contributed by atoms with Crippen LogP contribution < -0.4 is 10.5 Å². The van der Waals surface area contributed by atoms with E-state index in [1.807, 2.05) is 6.92 Å². The summed E-state index contributed by atoms with van der Waals surface area (Å²) < 4.78 is 33.4. The van der Waals surface area contributed by atoms with Crippen molar-refractivity contribution in [2.75, 3.05) is 6.61 Å². The molecule has 0 aliphatic heterocycles. The monoisotopic (exact) mass is 355 g/mol. The van der Waals surface area contributed by atoms with E-state index in [2.05, 4.69) is 15.9 Å². The molecule has 0 heterocycles. The summed E-state index contributed by atoms with van der Waals surface area (Å²) >= 11 is 3.40. The summed E-state index contributed by atoms with van der Waals surface area (Å²) in [6, 6.07) is 6.98. The maximum Gasteiger partial charge on any atom is 0.133 e. The molecule has 21 heavy (non-hydrogen) atoms. The molecule has 0 fully saturated rings. The number of ether oxygens (including phenoxy) is 1. The van der Waals surface area contributed by atoms with Crippen LogP contribution in [0.25, 0.3) is 0 Å².